The third-order valence-corrected chi connectivity index (χ3v) is 4.85. The molecule has 3 heteroatoms. The highest BCUT2D eigenvalue weighted by Gasteiger charge is 2.30. The van der Waals surface area contributed by atoms with Crippen LogP contribution in [0.25, 0.3) is 0 Å². The van der Waals surface area contributed by atoms with E-state index in [4.69, 9.17) is 11.6 Å². The van der Waals surface area contributed by atoms with E-state index in [-0.39, 0.29) is 0 Å². The second kappa shape index (κ2) is 7.44. The van der Waals surface area contributed by atoms with Gasteiger partial charge in [0.15, 0.2) is 0 Å². The lowest BCUT2D eigenvalue weighted by atomic mass is 9.98. The molecule has 112 valence electrons. The first kappa shape index (κ1) is 15.8. The molecule has 1 aromatic rings. The molecule has 1 heterocycles. The number of nitrogens with one attached hydrogen (secondary N) is 1. The zero-order valence-electron chi connectivity index (χ0n) is 12.9. The van der Waals surface area contributed by atoms with Gasteiger partial charge in [0.2, 0.25) is 0 Å². The molecule has 0 spiro atoms. The molecular formula is C17H27ClN2. The molecule has 1 saturated heterocycles. The fraction of sp³-hybridized carbons (Fsp3) is 0.647. The van der Waals surface area contributed by atoms with E-state index in [0.29, 0.717) is 18.1 Å². The van der Waals surface area contributed by atoms with Gasteiger partial charge in [-0.15, -0.1) is 0 Å². The molecule has 1 N–H and O–H groups in total. The molecule has 20 heavy (non-hydrogen) atoms. The standard InChI is InChI=1S/C17H27ClN2/c1-4-8-14-12-20(15(5-2)11-19-14)13(3)16-9-6-7-10-17(16)18/h6-7,9-10,13-15,19H,4-5,8,11-12H2,1-3H3. The normalized spacial score (nSPS) is 25.6. The summed E-state index contributed by atoms with van der Waals surface area (Å²) < 4.78 is 0. The van der Waals surface area contributed by atoms with E-state index in [1.807, 2.05) is 12.1 Å². The highest BCUT2D eigenvalue weighted by molar-refractivity contribution is 6.31. The summed E-state index contributed by atoms with van der Waals surface area (Å²) in [6.45, 7) is 9.04. The molecule has 0 bridgehead atoms. The van der Waals surface area contributed by atoms with Crippen molar-refractivity contribution in [3.63, 3.8) is 0 Å². The van der Waals surface area contributed by atoms with Crippen molar-refractivity contribution in [1.82, 2.24) is 10.2 Å². The maximum absolute atomic E-state index is 6.38. The molecule has 2 nitrogen and oxygen atoms in total. The molecule has 0 aromatic heterocycles. The van der Waals surface area contributed by atoms with E-state index in [9.17, 15) is 0 Å². The SMILES string of the molecule is CCCC1CN(C(C)c2ccccc2Cl)C(CC)CN1. The number of halogens is 1. The van der Waals surface area contributed by atoms with Gasteiger partial charge in [0.05, 0.1) is 0 Å². The van der Waals surface area contributed by atoms with Crippen LogP contribution in [0.3, 0.4) is 0 Å². The molecule has 3 atom stereocenters. The zero-order chi connectivity index (χ0) is 14.5. The molecule has 1 aromatic carbocycles. The van der Waals surface area contributed by atoms with Crippen LogP contribution in [-0.2, 0) is 0 Å². The van der Waals surface area contributed by atoms with Crippen molar-refractivity contribution in [3.05, 3.63) is 34.9 Å². The van der Waals surface area contributed by atoms with Gasteiger partial charge in [0.25, 0.3) is 0 Å². The van der Waals surface area contributed by atoms with Crippen molar-refractivity contribution in [2.45, 2.75) is 58.2 Å². The van der Waals surface area contributed by atoms with Gasteiger partial charge in [-0.3, -0.25) is 4.90 Å². The van der Waals surface area contributed by atoms with Crippen LogP contribution in [0.1, 0.15) is 51.6 Å². The smallest absolute Gasteiger partial charge is 0.0453 e. The van der Waals surface area contributed by atoms with Crippen molar-refractivity contribution in [3.8, 4) is 0 Å². The Hall–Kier alpha value is -0.570. The van der Waals surface area contributed by atoms with E-state index in [2.05, 4.69) is 43.1 Å². The van der Waals surface area contributed by atoms with Gasteiger partial charge in [0, 0.05) is 36.2 Å². The number of piperazine rings is 1. The van der Waals surface area contributed by atoms with Crippen molar-refractivity contribution in [1.29, 1.82) is 0 Å². The molecule has 2 rings (SSSR count). The van der Waals surface area contributed by atoms with Gasteiger partial charge in [-0.05, 0) is 31.4 Å². The van der Waals surface area contributed by atoms with Crippen molar-refractivity contribution >= 4 is 11.6 Å². The summed E-state index contributed by atoms with van der Waals surface area (Å²) in [5, 5.41) is 4.59. The fourth-order valence-corrected chi connectivity index (χ4v) is 3.57. The van der Waals surface area contributed by atoms with Gasteiger partial charge in [-0.2, -0.15) is 0 Å². The minimum Gasteiger partial charge on any atom is -0.311 e. The number of hydrogen-bond acceptors (Lipinski definition) is 2. The maximum Gasteiger partial charge on any atom is 0.0453 e. The summed E-state index contributed by atoms with van der Waals surface area (Å²) in [5.74, 6) is 0. The first-order valence-electron chi connectivity index (χ1n) is 7.90. The van der Waals surface area contributed by atoms with Crippen LogP contribution >= 0.6 is 11.6 Å². The van der Waals surface area contributed by atoms with Crippen LogP contribution in [0.5, 0.6) is 0 Å². The zero-order valence-corrected chi connectivity index (χ0v) is 13.7. The highest BCUT2D eigenvalue weighted by atomic mass is 35.5. The maximum atomic E-state index is 6.38. The van der Waals surface area contributed by atoms with E-state index in [1.165, 1.54) is 24.8 Å². The average molecular weight is 295 g/mol. The lowest BCUT2D eigenvalue weighted by Crippen LogP contribution is -2.56. The summed E-state index contributed by atoms with van der Waals surface area (Å²) in [6, 6.07) is 9.87. The van der Waals surface area contributed by atoms with Gasteiger partial charge < -0.3 is 5.32 Å². The van der Waals surface area contributed by atoms with E-state index in [1.54, 1.807) is 0 Å². The predicted octanol–water partition coefficient (Wildman–Crippen LogP) is 4.25. The van der Waals surface area contributed by atoms with Crippen molar-refractivity contribution in [2.24, 2.45) is 0 Å². The van der Waals surface area contributed by atoms with Gasteiger partial charge in [-0.25, -0.2) is 0 Å². The van der Waals surface area contributed by atoms with Crippen molar-refractivity contribution < 1.29 is 0 Å². The summed E-state index contributed by atoms with van der Waals surface area (Å²) >= 11 is 6.38. The monoisotopic (exact) mass is 294 g/mol. The Labute approximate surface area is 128 Å². The molecule has 1 aliphatic rings. The minimum atomic E-state index is 0.384. The van der Waals surface area contributed by atoms with Gasteiger partial charge in [-0.1, -0.05) is 50.1 Å². The minimum absolute atomic E-state index is 0.384. The van der Waals surface area contributed by atoms with Crippen LogP contribution in [0.2, 0.25) is 5.02 Å². The Morgan fingerprint density at radius 3 is 2.75 bits per heavy atom. The van der Waals surface area contributed by atoms with Gasteiger partial charge in [0.1, 0.15) is 0 Å². The summed E-state index contributed by atoms with van der Waals surface area (Å²) in [6.07, 6.45) is 3.67. The Balaban J connectivity index is 2.16. The van der Waals surface area contributed by atoms with Crippen molar-refractivity contribution in [2.75, 3.05) is 13.1 Å². The van der Waals surface area contributed by atoms with Crippen LogP contribution in [-0.4, -0.2) is 30.1 Å². The summed E-state index contributed by atoms with van der Waals surface area (Å²) in [5.41, 5.74) is 1.25. The molecule has 0 saturated carbocycles. The summed E-state index contributed by atoms with van der Waals surface area (Å²) in [7, 11) is 0. The van der Waals surface area contributed by atoms with E-state index in [0.717, 1.165) is 18.1 Å². The molecule has 3 unspecified atom stereocenters. The number of nitrogens with zero attached hydrogens (tertiary/aromatic N) is 1. The largest absolute Gasteiger partial charge is 0.311 e. The number of rotatable bonds is 5. The lowest BCUT2D eigenvalue weighted by molar-refractivity contribution is 0.0836. The Kier molecular flexibility index (Phi) is 5.88. The predicted molar refractivity (Wildman–Crippen MR) is 87.4 cm³/mol. The van der Waals surface area contributed by atoms with Gasteiger partial charge >= 0.3 is 0 Å². The molecule has 1 fully saturated rings. The molecule has 1 aliphatic heterocycles. The van der Waals surface area contributed by atoms with E-state index >= 15 is 0 Å². The lowest BCUT2D eigenvalue weighted by Gasteiger charge is -2.44. The Morgan fingerprint density at radius 2 is 2.10 bits per heavy atom. The third kappa shape index (κ3) is 3.55. The number of benzene rings is 1. The quantitative estimate of drug-likeness (QED) is 0.873. The molecule has 0 radical (unpaired) electrons. The Bertz CT molecular complexity index is 421. The third-order valence-electron chi connectivity index (χ3n) is 4.50. The first-order valence-corrected chi connectivity index (χ1v) is 8.28. The molecule has 0 amide bonds. The van der Waals surface area contributed by atoms with E-state index < -0.39 is 0 Å². The number of hydrogen-bond donors (Lipinski definition) is 1. The van der Waals surface area contributed by atoms with Crippen LogP contribution in [0, 0.1) is 0 Å². The Morgan fingerprint density at radius 1 is 1.35 bits per heavy atom. The first-order chi connectivity index (χ1) is 9.67. The average Bonchev–Trinajstić information content (AvgIpc) is 2.47. The summed E-state index contributed by atoms with van der Waals surface area (Å²) in [4.78, 5) is 2.64. The topological polar surface area (TPSA) is 15.3 Å². The second-order valence-electron chi connectivity index (χ2n) is 5.85. The van der Waals surface area contributed by atoms with Crippen LogP contribution in [0.15, 0.2) is 24.3 Å². The second-order valence-corrected chi connectivity index (χ2v) is 6.26. The molecular weight excluding hydrogens is 268 g/mol. The molecule has 0 aliphatic carbocycles. The van der Waals surface area contributed by atoms with Crippen LogP contribution < -0.4 is 5.32 Å². The highest BCUT2D eigenvalue weighted by Crippen LogP contribution is 2.30. The van der Waals surface area contributed by atoms with Crippen LogP contribution in [0.4, 0.5) is 0 Å². The fourth-order valence-electron chi connectivity index (χ4n) is 3.28.